The van der Waals surface area contributed by atoms with Gasteiger partial charge in [0.2, 0.25) is 5.95 Å². The summed E-state index contributed by atoms with van der Waals surface area (Å²) in [6.45, 7) is 2.57. The highest BCUT2D eigenvalue weighted by Crippen LogP contribution is 2.37. The summed E-state index contributed by atoms with van der Waals surface area (Å²) in [5, 5.41) is 7.79. The third-order valence-corrected chi connectivity index (χ3v) is 7.27. The van der Waals surface area contributed by atoms with E-state index in [4.69, 9.17) is 37.9 Å². The maximum Gasteiger partial charge on any atom is 0.223 e. The largest absolute Gasteiger partial charge is 0.497 e. The summed E-state index contributed by atoms with van der Waals surface area (Å²) in [7, 11) is 3.72. The second-order valence-electron chi connectivity index (χ2n) is 8.85. The second-order valence-corrected chi connectivity index (χ2v) is 9.66. The molecule has 0 amide bonds. The Morgan fingerprint density at radius 1 is 1.03 bits per heavy atom. The predicted molar refractivity (Wildman–Crippen MR) is 145 cm³/mol. The van der Waals surface area contributed by atoms with Crippen LogP contribution in [0.1, 0.15) is 30.1 Å². The van der Waals surface area contributed by atoms with E-state index >= 15 is 0 Å². The molecule has 7 nitrogen and oxygen atoms in total. The van der Waals surface area contributed by atoms with E-state index in [0.717, 1.165) is 65.7 Å². The number of ether oxygens (including phenoxy) is 1. The highest BCUT2D eigenvalue weighted by Gasteiger charge is 2.26. The van der Waals surface area contributed by atoms with Crippen molar-refractivity contribution in [1.82, 2.24) is 24.8 Å². The molecule has 4 aromatic rings. The van der Waals surface area contributed by atoms with Gasteiger partial charge < -0.3 is 19.9 Å². The van der Waals surface area contributed by atoms with E-state index in [2.05, 4.69) is 27.2 Å². The Morgan fingerprint density at radius 3 is 2.53 bits per heavy atom. The van der Waals surface area contributed by atoms with Gasteiger partial charge in [0.05, 0.1) is 34.2 Å². The van der Waals surface area contributed by atoms with Crippen LogP contribution in [0.2, 0.25) is 10.0 Å². The van der Waals surface area contributed by atoms with Crippen molar-refractivity contribution in [3.63, 3.8) is 0 Å². The number of hydrogen-bond donors (Lipinski definition) is 2. The summed E-state index contributed by atoms with van der Waals surface area (Å²) in [4.78, 5) is 14.4. The van der Waals surface area contributed by atoms with E-state index in [1.807, 2.05) is 48.5 Å². The quantitative estimate of drug-likeness (QED) is 0.312. The van der Waals surface area contributed by atoms with E-state index in [1.54, 1.807) is 13.3 Å². The zero-order valence-electron chi connectivity index (χ0n) is 20.3. The maximum absolute atomic E-state index is 6.38. The van der Waals surface area contributed by atoms with Crippen LogP contribution < -0.4 is 15.4 Å². The molecule has 1 fully saturated rings. The van der Waals surface area contributed by atoms with Crippen LogP contribution in [0.15, 0.2) is 54.7 Å². The Morgan fingerprint density at radius 2 is 1.81 bits per heavy atom. The van der Waals surface area contributed by atoms with E-state index in [-0.39, 0.29) is 0 Å². The van der Waals surface area contributed by atoms with Crippen molar-refractivity contribution in [1.29, 1.82) is 0 Å². The fourth-order valence-electron chi connectivity index (χ4n) is 4.60. The van der Waals surface area contributed by atoms with Crippen LogP contribution in [0.5, 0.6) is 5.75 Å². The van der Waals surface area contributed by atoms with E-state index in [1.165, 1.54) is 0 Å². The van der Waals surface area contributed by atoms with Crippen molar-refractivity contribution in [2.45, 2.75) is 25.3 Å². The predicted octanol–water partition coefficient (Wildman–Crippen LogP) is 5.94. The van der Waals surface area contributed by atoms with Gasteiger partial charge >= 0.3 is 0 Å². The summed E-state index contributed by atoms with van der Waals surface area (Å²) in [6, 6.07) is 15.5. The van der Waals surface area contributed by atoms with Crippen molar-refractivity contribution in [2.75, 3.05) is 25.5 Å². The van der Waals surface area contributed by atoms with Crippen molar-refractivity contribution in [2.24, 2.45) is 7.05 Å². The number of halogens is 2. The number of nitrogens with one attached hydrogen (secondary N) is 2. The molecule has 1 aliphatic rings. The number of benzene rings is 2. The van der Waals surface area contributed by atoms with Gasteiger partial charge in [-0.1, -0.05) is 41.4 Å². The zero-order chi connectivity index (χ0) is 25.1. The van der Waals surface area contributed by atoms with Gasteiger partial charge in [-0.3, -0.25) is 0 Å². The molecule has 1 aliphatic heterocycles. The molecule has 0 spiro atoms. The summed E-state index contributed by atoms with van der Waals surface area (Å²) < 4.78 is 7.41. The fraction of sp³-hybridized carbons (Fsp3) is 0.296. The van der Waals surface area contributed by atoms with E-state index in [0.29, 0.717) is 28.5 Å². The molecular weight excluding hydrogens is 495 g/mol. The van der Waals surface area contributed by atoms with Crippen LogP contribution in [0.25, 0.3) is 22.6 Å². The van der Waals surface area contributed by atoms with Crippen molar-refractivity contribution >= 4 is 29.2 Å². The normalized spacial score (nSPS) is 14.1. The molecule has 2 aromatic heterocycles. The average Bonchev–Trinajstić information content (AvgIpc) is 3.27. The first-order chi connectivity index (χ1) is 17.5. The number of rotatable bonds is 7. The number of imidazole rings is 1. The number of aromatic nitrogens is 4. The highest BCUT2D eigenvalue weighted by molar-refractivity contribution is 6.42. The van der Waals surface area contributed by atoms with Crippen LogP contribution in [0.3, 0.4) is 0 Å². The Labute approximate surface area is 220 Å². The molecule has 0 radical (unpaired) electrons. The molecule has 0 bridgehead atoms. The molecule has 36 heavy (non-hydrogen) atoms. The molecule has 0 atom stereocenters. The second kappa shape index (κ2) is 10.9. The first-order valence-corrected chi connectivity index (χ1v) is 12.7. The number of nitrogens with zero attached hydrogens (tertiary/aromatic N) is 4. The van der Waals surface area contributed by atoms with Gasteiger partial charge in [-0.15, -0.1) is 0 Å². The van der Waals surface area contributed by atoms with Crippen LogP contribution in [0, 0.1) is 0 Å². The van der Waals surface area contributed by atoms with Gasteiger partial charge in [-0.2, -0.15) is 0 Å². The number of piperidine rings is 1. The van der Waals surface area contributed by atoms with Crippen LogP contribution >= 0.6 is 23.2 Å². The number of hydrogen-bond acceptors (Lipinski definition) is 6. The lowest BCUT2D eigenvalue weighted by Gasteiger charge is -2.22. The topological polar surface area (TPSA) is 76.9 Å². The smallest absolute Gasteiger partial charge is 0.223 e. The van der Waals surface area contributed by atoms with Gasteiger partial charge in [-0.05, 0) is 61.8 Å². The summed E-state index contributed by atoms with van der Waals surface area (Å²) in [6.07, 6.45) is 3.86. The van der Waals surface area contributed by atoms with E-state index in [9.17, 15) is 0 Å². The highest BCUT2D eigenvalue weighted by atomic mass is 35.5. The molecular formula is C27H28Cl2N6O. The molecule has 9 heteroatoms. The van der Waals surface area contributed by atoms with Gasteiger partial charge in [0.15, 0.2) is 0 Å². The van der Waals surface area contributed by atoms with E-state index < -0.39 is 0 Å². The minimum absolute atomic E-state index is 0.376. The van der Waals surface area contributed by atoms with Crippen LogP contribution in [-0.2, 0) is 13.6 Å². The van der Waals surface area contributed by atoms with Gasteiger partial charge in [-0.25, -0.2) is 15.0 Å². The Bertz CT molecular complexity index is 1350. The monoisotopic (exact) mass is 522 g/mol. The summed E-state index contributed by atoms with van der Waals surface area (Å²) in [5.74, 6) is 2.81. The number of methoxy groups -OCH3 is 1. The SMILES string of the molecule is COc1ccc(CNc2nccc(-c3c(-c4ccc(Cl)c(Cl)c4)nc(C4CCNCC4)n3C)n2)cc1. The average molecular weight is 523 g/mol. The summed E-state index contributed by atoms with van der Waals surface area (Å²) in [5.41, 5.74) is 4.57. The molecule has 0 aliphatic carbocycles. The van der Waals surface area contributed by atoms with Gasteiger partial charge in [0.1, 0.15) is 11.6 Å². The lowest BCUT2D eigenvalue weighted by Crippen LogP contribution is -2.27. The Kier molecular flexibility index (Phi) is 7.41. The van der Waals surface area contributed by atoms with Gasteiger partial charge in [0.25, 0.3) is 0 Å². The Balaban J connectivity index is 1.51. The third-order valence-electron chi connectivity index (χ3n) is 6.53. The van der Waals surface area contributed by atoms with Crippen molar-refractivity contribution < 1.29 is 4.74 Å². The molecule has 0 unspecified atom stereocenters. The molecule has 2 N–H and O–H groups in total. The molecule has 0 saturated carbocycles. The lowest BCUT2D eigenvalue weighted by molar-refractivity contribution is 0.414. The maximum atomic E-state index is 6.38. The Hall–Kier alpha value is -3.13. The minimum Gasteiger partial charge on any atom is -0.497 e. The molecule has 186 valence electrons. The fourth-order valence-corrected chi connectivity index (χ4v) is 4.90. The zero-order valence-corrected chi connectivity index (χ0v) is 21.8. The minimum atomic E-state index is 0.376. The standard InChI is InChI=1S/C27H28Cl2N6O/c1-35-25(23-11-14-31-27(33-23)32-16-17-3-6-20(36-2)7-4-17)24(19-5-8-21(28)22(29)15-19)34-26(35)18-9-12-30-13-10-18/h3-8,11,14-15,18,30H,9-10,12-13,16H2,1-2H3,(H,31,32,33). The first kappa shape index (κ1) is 24.6. The van der Waals surface area contributed by atoms with Crippen LogP contribution in [0.4, 0.5) is 5.95 Å². The van der Waals surface area contributed by atoms with Crippen molar-refractivity contribution in [3.05, 3.63) is 76.2 Å². The summed E-state index contributed by atoms with van der Waals surface area (Å²) >= 11 is 12.6. The first-order valence-electron chi connectivity index (χ1n) is 12.0. The van der Waals surface area contributed by atoms with Gasteiger partial charge in [0, 0.05) is 31.3 Å². The molecule has 5 rings (SSSR count). The third kappa shape index (κ3) is 5.19. The molecule has 3 heterocycles. The lowest BCUT2D eigenvalue weighted by atomic mass is 9.97. The van der Waals surface area contributed by atoms with Crippen LogP contribution in [-0.4, -0.2) is 39.7 Å². The van der Waals surface area contributed by atoms with Crippen molar-refractivity contribution in [3.8, 4) is 28.4 Å². The number of anilines is 1. The molecule has 2 aromatic carbocycles. The molecule has 1 saturated heterocycles.